The lowest BCUT2D eigenvalue weighted by Gasteiger charge is -2.16. The third-order valence-electron chi connectivity index (χ3n) is 4.83. The number of hydrogen-bond acceptors (Lipinski definition) is 5. The summed E-state index contributed by atoms with van der Waals surface area (Å²) in [6, 6.07) is 15.1. The second kappa shape index (κ2) is 7.67. The van der Waals surface area contributed by atoms with Gasteiger partial charge < -0.3 is 19.5 Å². The third-order valence-corrected chi connectivity index (χ3v) is 4.83. The van der Waals surface area contributed by atoms with Crippen LogP contribution in [0.15, 0.2) is 54.7 Å². The van der Waals surface area contributed by atoms with E-state index in [4.69, 9.17) is 14.2 Å². The number of anilines is 1. The molecule has 1 aromatic heterocycles. The SMILES string of the molecule is COc1cc(/C=C2/C(=O)Nc3ncccc32)c(-c2ccccc2OC)cc1OC. The molecule has 1 aliphatic rings. The third kappa shape index (κ3) is 3.29. The van der Waals surface area contributed by atoms with Crippen LogP contribution < -0.4 is 19.5 Å². The number of para-hydroxylation sites is 1. The highest BCUT2D eigenvalue weighted by atomic mass is 16.5. The molecule has 0 saturated carbocycles. The first-order valence-corrected chi connectivity index (χ1v) is 9.04. The standard InChI is InChI=1S/C23H20N2O4/c1-27-19-9-5-4-7-15(19)17-13-21(29-3)20(28-2)12-14(17)11-18-16-8-6-10-24-22(16)25-23(18)26/h4-13H,1-3H3,(H,24,25,26)/b18-11+. The molecule has 29 heavy (non-hydrogen) atoms. The van der Waals surface area contributed by atoms with Crippen molar-refractivity contribution in [3.05, 3.63) is 65.9 Å². The molecule has 0 radical (unpaired) electrons. The number of benzene rings is 2. The number of aromatic nitrogens is 1. The summed E-state index contributed by atoms with van der Waals surface area (Å²) in [5, 5.41) is 2.80. The van der Waals surface area contributed by atoms with Crippen LogP contribution in [-0.4, -0.2) is 32.2 Å². The Labute approximate surface area is 168 Å². The molecule has 0 unspecified atom stereocenters. The molecule has 0 fully saturated rings. The summed E-state index contributed by atoms with van der Waals surface area (Å²) in [5.41, 5.74) is 3.84. The number of carbonyl (C=O) groups is 1. The van der Waals surface area contributed by atoms with Gasteiger partial charge in [0, 0.05) is 17.3 Å². The fraction of sp³-hybridized carbons (Fsp3) is 0.130. The van der Waals surface area contributed by atoms with Crippen molar-refractivity contribution in [3.8, 4) is 28.4 Å². The van der Waals surface area contributed by atoms with E-state index in [9.17, 15) is 4.79 Å². The van der Waals surface area contributed by atoms with Crippen LogP contribution in [-0.2, 0) is 4.79 Å². The zero-order chi connectivity index (χ0) is 20.4. The van der Waals surface area contributed by atoms with E-state index in [1.54, 1.807) is 27.5 Å². The number of methoxy groups -OCH3 is 3. The van der Waals surface area contributed by atoms with E-state index in [1.165, 1.54) is 0 Å². The van der Waals surface area contributed by atoms with Crippen molar-refractivity contribution < 1.29 is 19.0 Å². The van der Waals surface area contributed by atoms with Crippen molar-refractivity contribution >= 4 is 23.4 Å². The maximum absolute atomic E-state index is 12.6. The Kier molecular flexibility index (Phi) is 4.91. The van der Waals surface area contributed by atoms with Crippen LogP contribution in [0.3, 0.4) is 0 Å². The van der Waals surface area contributed by atoms with Gasteiger partial charge in [-0.25, -0.2) is 4.98 Å². The fourth-order valence-electron chi connectivity index (χ4n) is 3.43. The van der Waals surface area contributed by atoms with Crippen LogP contribution in [0.25, 0.3) is 22.8 Å². The van der Waals surface area contributed by atoms with Gasteiger partial charge in [0.25, 0.3) is 5.91 Å². The van der Waals surface area contributed by atoms with Gasteiger partial charge in [0.15, 0.2) is 11.5 Å². The van der Waals surface area contributed by atoms with Crippen molar-refractivity contribution in [1.82, 2.24) is 4.98 Å². The number of pyridine rings is 1. The van der Waals surface area contributed by atoms with Gasteiger partial charge in [-0.15, -0.1) is 0 Å². The van der Waals surface area contributed by atoms with Crippen LogP contribution in [0.5, 0.6) is 17.2 Å². The number of nitrogens with zero attached hydrogens (tertiary/aromatic N) is 1. The van der Waals surface area contributed by atoms with Gasteiger partial charge in [0.1, 0.15) is 11.6 Å². The second-order valence-corrected chi connectivity index (χ2v) is 6.41. The van der Waals surface area contributed by atoms with E-state index in [1.807, 2.05) is 54.6 Å². The molecule has 0 saturated heterocycles. The average molecular weight is 388 g/mol. The van der Waals surface area contributed by atoms with Gasteiger partial charge >= 0.3 is 0 Å². The molecule has 1 amide bonds. The maximum atomic E-state index is 12.6. The molecule has 2 heterocycles. The summed E-state index contributed by atoms with van der Waals surface area (Å²) in [7, 11) is 4.80. The van der Waals surface area contributed by atoms with Crippen molar-refractivity contribution in [3.63, 3.8) is 0 Å². The Morgan fingerprint density at radius 2 is 1.52 bits per heavy atom. The Bertz CT molecular complexity index is 1120. The molecule has 1 aliphatic heterocycles. The summed E-state index contributed by atoms with van der Waals surface area (Å²) >= 11 is 0. The Balaban J connectivity index is 1.97. The van der Waals surface area contributed by atoms with E-state index in [0.29, 0.717) is 22.9 Å². The molecule has 3 aromatic rings. The van der Waals surface area contributed by atoms with Gasteiger partial charge in [-0.05, 0) is 47.5 Å². The van der Waals surface area contributed by atoms with Gasteiger partial charge in [0.05, 0.1) is 26.9 Å². The first kappa shape index (κ1) is 18.6. The lowest BCUT2D eigenvalue weighted by Crippen LogP contribution is -2.04. The van der Waals surface area contributed by atoms with Crippen molar-refractivity contribution in [2.45, 2.75) is 0 Å². The number of carbonyl (C=O) groups excluding carboxylic acids is 1. The molecule has 0 atom stereocenters. The summed E-state index contributed by atoms with van der Waals surface area (Å²) in [4.78, 5) is 16.8. The molecule has 1 N–H and O–H groups in total. The monoisotopic (exact) mass is 388 g/mol. The first-order valence-electron chi connectivity index (χ1n) is 9.04. The quantitative estimate of drug-likeness (QED) is 0.661. The maximum Gasteiger partial charge on any atom is 0.257 e. The van der Waals surface area contributed by atoms with Gasteiger partial charge in [-0.1, -0.05) is 18.2 Å². The van der Waals surface area contributed by atoms with E-state index in [0.717, 1.165) is 28.0 Å². The Hall–Kier alpha value is -3.80. The van der Waals surface area contributed by atoms with E-state index < -0.39 is 0 Å². The van der Waals surface area contributed by atoms with Crippen molar-refractivity contribution in [2.24, 2.45) is 0 Å². The summed E-state index contributed by atoms with van der Waals surface area (Å²) in [6.07, 6.45) is 3.49. The first-order chi connectivity index (χ1) is 14.2. The number of ether oxygens (including phenoxy) is 3. The summed E-state index contributed by atoms with van der Waals surface area (Å²) < 4.78 is 16.5. The molecule has 0 aliphatic carbocycles. The molecular weight excluding hydrogens is 368 g/mol. The Morgan fingerprint density at radius 1 is 0.828 bits per heavy atom. The van der Waals surface area contributed by atoms with E-state index in [2.05, 4.69) is 10.3 Å². The number of fused-ring (bicyclic) bond motifs is 1. The highest BCUT2D eigenvalue weighted by Gasteiger charge is 2.25. The second-order valence-electron chi connectivity index (χ2n) is 6.41. The topological polar surface area (TPSA) is 69.7 Å². The van der Waals surface area contributed by atoms with Crippen molar-refractivity contribution in [2.75, 3.05) is 26.6 Å². The van der Waals surface area contributed by atoms with Crippen molar-refractivity contribution in [1.29, 1.82) is 0 Å². The average Bonchev–Trinajstić information content (AvgIpc) is 3.08. The number of hydrogen-bond donors (Lipinski definition) is 1. The number of amides is 1. The van der Waals surface area contributed by atoms with Gasteiger partial charge in [0.2, 0.25) is 0 Å². The lowest BCUT2D eigenvalue weighted by atomic mass is 9.95. The van der Waals surface area contributed by atoms with Crippen LogP contribution in [0.4, 0.5) is 5.82 Å². The molecule has 4 rings (SSSR count). The van der Waals surface area contributed by atoms with E-state index in [-0.39, 0.29) is 5.91 Å². The van der Waals surface area contributed by atoms with Crippen LogP contribution >= 0.6 is 0 Å². The smallest absolute Gasteiger partial charge is 0.257 e. The highest BCUT2D eigenvalue weighted by Crippen LogP contribution is 2.41. The minimum Gasteiger partial charge on any atom is -0.496 e. The highest BCUT2D eigenvalue weighted by molar-refractivity contribution is 6.34. The largest absolute Gasteiger partial charge is 0.496 e. The minimum absolute atomic E-state index is 0.195. The predicted octanol–water partition coefficient (Wildman–Crippen LogP) is 4.27. The van der Waals surface area contributed by atoms with E-state index >= 15 is 0 Å². The van der Waals surface area contributed by atoms with Gasteiger partial charge in [-0.3, -0.25) is 4.79 Å². The molecule has 0 bridgehead atoms. The minimum atomic E-state index is -0.195. The number of rotatable bonds is 5. The summed E-state index contributed by atoms with van der Waals surface area (Å²) in [5.74, 6) is 2.25. The molecular formula is C23H20N2O4. The lowest BCUT2D eigenvalue weighted by molar-refractivity contribution is -0.110. The molecule has 0 spiro atoms. The van der Waals surface area contributed by atoms with Gasteiger partial charge in [-0.2, -0.15) is 0 Å². The molecule has 6 heteroatoms. The van der Waals surface area contributed by atoms with Crippen LogP contribution in [0, 0.1) is 0 Å². The predicted molar refractivity (Wildman–Crippen MR) is 112 cm³/mol. The Morgan fingerprint density at radius 3 is 2.28 bits per heavy atom. The zero-order valence-corrected chi connectivity index (χ0v) is 16.4. The zero-order valence-electron chi connectivity index (χ0n) is 16.4. The molecule has 146 valence electrons. The van der Waals surface area contributed by atoms with Crippen LogP contribution in [0.2, 0.25) is 0 Å². The summed E-state index contributed by atoms with van der Waals surface area (Å²) in [6.45, 7) is 0. The normalized spacial score (nSPS) is 13.8. The fourth-order valence-corrected chi connectivity index (χ4v) is 3.43. The van der Waals surface area contributed by atoms with Crippen LogP contribution in [0.1, 0.15) is 11.1 Å². The molecule has 6 nitrogen and oxygen atoms in total. The molecule has 2 aromatic carbocycles. The number of nitrogens with one attached hydrogen (secondary N) is 1.